The standard InChI is InChI=1S/C20H20N2O4/c1-3-13-5-8-15(9-6-13)21-16-11-18(23)22(19(16)24)17-10-14(20(25)26)7-4-12(17)2/h4-10,16,21H,3,11H2,1-2H3,(H,25,26)/t16-/m0/s1. The summed E-state index contributed by atoms with van der Waals surface area (Å²) in [6.45, 7) is 3.80. The zero-order chi connectivity index (χ0) is 18.8. The third-order valence-electron chi connectivity index (χ3n) is 4.55. The molecule has 0 radical (unpaired) electrons. The number of aromatic carboxylic acids is 1. The predicted octanol–water partition coefficient (Wildman–Crippen LogP) is 3.00. The number of carbonyl (C=O) groups is 3. The number of benzene rings is 2. The second-order valence-electron chi connectivity index (χ2n) is 6.33. The fraction of sp³-hybridized carbons (Fsp3) is 0.250. The molecule has 26 heavy (non-hydrogen) atoms. The summed E-state index contributed by atoms with van der Waals surface area (Å²) in [6, 6.07) is 11.5. The van der Waals surface area contributed by atoms with E-state index in [0.717, 1.165) is 17.0 Å². The van der Waals surface area contributed by atoms with E-state index in [2.05, 4.69) is 12.2 Å². The van der Waals surface area contributed by atoms with Crippen LogP contribution in [0.2, 0.25) is 0 Å². The van der Waals surface area contributed by atoms with Gasteiger partial charge < -0.3 is 10.4 Å². The van der Waals surface area contributed by atoms with Crippen LogP contribution in [0.5, 0.6) is 0 Å². The van der Waals surface area contributed by atoms with E-state index < -0.39 is 12.0 Å². The molecule has 1 heterocycles. The average Bonchev–Trinajstić information content (AvgIpc) is 2.89. The number of carboxylic acid groups (broad SMARTS) is 1. The summed E-state index contributed by atoms with van der Waals surface area (Å²) in [6.07, 6.45) is 0.958. The van der Waals surface area contributed by atoms with Crippen LogP contribution in [0.4, 0.5) is 11.4 Å². The number of hydrogen-bond donors (Lipinski definition) is 2. The Morgan fingerprint density at radius 1 is 1.19 bits per heavy atom. The molecule has 134 valence electrons. The van der Waals surface area contributed by atoms with Crippen molar-refractivity contribution < 1.29 is 19.5 Å². The highest BCUT2D eigenvalue weighted by Gasteiger charge is 2.40. The van der Waals surface area contributed by atoms with E-state index in [9.17, 15) is 14.4 Å². The lowest BCUT2D eigenvalue weighted by atomic mass is 10.1. The number of aryl methyl sites for hydroxylation is 2. The number of hydrogen-bond acceptors (Lipinski definition) is 4. The molecule has 1 fully saturated rings. The zero-order valence-electron chi connectivity index (χ0n) is 14.7. The third kappa shape index (κ3) is 3.31. The van der Waals surface area contributed by atoms with Gasteiger partial charge in [-0.25, -0.2) is 9.69 Å². The van der Waals surface area contributed by atoms with Crippen molar-refractivity contribution in [3.63, 3.8) is 0 Å². The van der Waals surface area contributed by atoms with Crippen LogP contribution in [0.3, 0.4) is 0 Å². The lowest BCUT2D eigenvalue weighted by molar-refractivity contribution is -0.121. The first-order valence-corrected chi connectivity index (χ1v) is 8.47. The molecule has 1 aliphatic rings. The monoisotopic (exact) mass is 352 g/mol. The van der Waals surface area contributed by atoms with E-state index in [0.29, 0.717) is 11.3 Å². The number of nitrogens with one attached hydrogen (secondary N) is 1. The van der Waals surface area contributed by atoms with Gasteiger partial charge in [0.25, 0.3) is 5.91 Å². The number of rotatable bonds is 5. The number of anilines is 2. The van der Waals surface area contributed by atoms with E-state index in [-0.39, 0.29) is 23.8 Å². The molecule has 6 heteroatoms. The Bertz CT molecular complexity index is 874. The van der Waals surface area contributed by atoms with Crippen molar-refractivity contribution in [2.45, 2.75) is 32.7 Å². The van der Waals surface area contributed by atoms with E-state index in [1.165, 1.54) is 17.7 Å². The summed E-state index contributed by atoms with van der Waals surface area (Å²) in [5.41, 5.74) is 2.99. The topological polar surface area (TPSA) is 86.7 Å². The van der Waals surface area contributed by atoms with Crippen LogP contribution < -0.4 is 10.2 Å². The van der Waals surface area contributed by atoms with E-state index >= 15 is 0 Å². The Kier molecular flexibility index (Phi) is 4.75. The van der Waals surface area contributed by atoms with Crippen molar-refractivity contribution in [3.05, 3.63) is 59.2 Å². The van der Waals surface area contributed by atoms with Gasteiger partial charge in [0.1, 0.15) is 6.04 Å². The Morgan fingerprint density at radius 3 is 2.50 bits per heavy atom. The minimum atomic E-state index is -1.10. The van der Waals surface area contributed by atoms with E-state index in [1.54, 1.807) is 13.0 Å². The van der Waals surface area contributed by atoms with Gasteiger partial charge in [-0.15, -0.1) is 0 Å². The number of carboxylic acids is 1. The molecule has 0 bridgehead atoms. The maximum atomic E-state index is 12.8. The first-order valence-electron chi connectivity index (χ1n) is 8.47. The van der Waals surface area contributed by atoms with Crippen molar-refractivity contribution in [2.24, 2.45) is 0 Å². The molecular weight excluding hydrogens is 332 g/mol. The highest BCUT2D eigenvalue weighted by atomic mass is 16.4. The molecule has 0 aliphatic carbocycles. The maximum Gasteiger partial charge on any atom is 0.335 e. The lowest BCUT2D eigenvalue weighted by Gasteiger charge is -2.18. The molecule has 1 aliphatic heterocycles. The highest BCUT2D eigenvalue weighted by Crippen LogP contribution is 2.29. The normalized spacial score (nSPS) is 16.8. The average molecular weight is 352 g/mol. The zero-order valence-corrected chi connectivity index (χ0v) is 14.7. The lowest BCUT2D eigenvalue weighted by Crippen LogP contribution is -2.35. The summed E-state index contributed by atoms with van der Waals surface area (Å²) in [7, 11) is 0. The largest absolute Gasteiger partial charge is 0.478 e. The minimum absolute atomic E-state index is 0.0328. The van der Waals surface area contributed by atoms with Gasteiger partial charge in [0.05, 0.1) is 17.7 Å². The van der Waals surface area contributed by atoms with Crippen molar-refractivity contribution in [1.29, 1.82) is 0 Å². The molecule has 2 amide bonds. The summed E-state index contributed by atoms with van der Waals surface area (Å²) in [5.74, 6) is -1.82. The maximum absolute atomic E-state index is 12.8. The molecule has 2 aromatic rings. The molecule has 1 saturated heterocycles. The van der Waals surface area contributed by atoms with Crippen LogP contribution >= 0.6 is 0 Å². The molecule has 3 rings (SSSR count). The van der Waals surface area contributed by atoms with Crippen LogP contribution in [0, 0.1) is 6.92 Å². The summed E-state index contributed by atoms with van der Waals surface area (Å²) < 4.78 is 0. The second-order valence-corrected chi connectivity index (χ2v) is 6.33. The highest BCUT2D eigenvalue weighted by molar-refractivity contribution is 6.23. The van der Waals surface area contributed by atoms with Gasteiger partial charge in [0.2, 0.25) is 5.91 Å². The summed E-state index contributed by atoms with van der Waals surface area (Å²) >= 11 is 0. The van der Waals surface area contributed by atoms with Gasteiger partial charge in [0.15, 0.2) is 0 Å². The fourth-order valence-corrected chi connectivity index (χ4v) is 3.02. The molecule has 0 saturated carbocycles. The number of nitrogens with zero attached hydrogens (tertiary/aromatic N) is 1. The van der Waals surface area contributed by atoms with Crippen LogP contribution in [0.15, 0.2) is 42.5 Å². The summed E-state index contributed by atoms with van der Waals surface area (Å²) in [4.78, 5) is 37.5. The minimum Gasteiger partial charge on any atom is -0.478 e. The Labute approximate surface area is 151 Å². The van der Waals surface area contributed by atoms with Crippen molar-refractivity contribution >= 4 is 29.2 Å². The predicted molar refractivity (Wildman–Crippen MR) is 98.5 cm³/mol. The number of carbonyl (C=O) groups excluding carboxylic acids is 2. The Hall–Kier alpha value is -3.15. The quantitative estimate of drug-likeness (QED) is 0.808. The molecule has 0 spiro atoms. The third-order valence-corrected chi connectivity index (χ3v) is 4.55. The Morgan fingerprint density at radius 2 is 1.88 bits per heavy atom. The van der Waals surface area contributed by atoms with Crippen LogP contribution in [-0.4, -0.2) is 28.9 Å². The summed E-state index contributed by atoms with van der Waals surface area (Å²) in [5, 5.41) is 12.3. The molecule has 0 aromatic heterocycles. The molecule has 1 atom stereocenters. The molecule has 2 aromatic carbocycles. The van der Waals surface area contributed by atoms with Gasteiger partial charge in [-0.05, 0) is 48.7 Å². The number of imide groups is 1. The van der Waals surface area contributed by atoms with Crippen LogP contribution in [0.1, 0.15) is 34.8 Å². The van der Waals surface area contributed by atoms with E-state index in [1.807, 2.05) is 24.3 Å². The SMILES string of the molecule is CCc1ccc(N[C@H]2CC(=O)N(c3cc(C(=O)O)ccc3C)C2=O)cc1. The molecular formula is C20H20N2O4. The van der Waals surface area contributed by atoms with Crippen molar-refractivity contribution in [1.82, 2.24) is 0 Å². The van der Waals surface area contributed by atoms with Gasteiger partial charge in [-0.2, -0.15) is 0 Å². The van der Waals surface area contributed by atoms with Gasteiger partial charge >= 0.3 is 5.97 Å². The molecule has 6 nitrogen and oxygen atoms in total. The van der Waals surface area contributed by atoms with Crippen molar-refractivity contribution in [3.8, 4) is 0 Å². The van der Waals surface area contributed by atoms with Crippen LogP contribution in [-0.2, 0) is 16.0 Å². The smallest absolute Gasteiger partial charge is 0.335 e. The fourth-order valence-electron chi connectivity index (χ4n) is 3.02. The van der Waals surface area contributed by atoms with Crippen molar-refractivity contribution in [2.75, 3.05) is 10.2 Å². The van der Waals surface area contributed by atoms with E-state index in [4.69, 9.17) is 5.11 Å². The molecule has 0 unspecified atom stereocenters. The van der Waals surface area contributed by atoms with Gasteiger partial charge in [-0.3, -0.25) is 9.59 Å². The van der Waals surface area contributed by atoms with Gasteiger partial charge in [-0.1, -0.05) is 25.1 Å². The first kappa shape index (κ1) is 17.7. The Balaban J connectivity index is 1.85. The second kappa shape index (κ2) is 7.00. The van der Waals surface area contributed by atoms with Crippen LogP contribution in [0.25, 0.3) is 0 Å². The molecule has 2 N–H and O–H groups in total. The van der Waals surface area contributed by atoms with Gasteiger partial charge in [0, 0.05) is 5.69 Å². The first-order chi connectivity index (χ1) is 12.4. The number of amides is 2.